The van der Waals surface area contributed by atoms with E-state index in [2.05, 4.69) is 4.74 Å². The maximum Gasteiger partial charge on any atom is 0.336 e. The summed E-state index contributed by atoms with van der Waals surface area (Å²) in [6.07, 6.45) is 1.42. The molecular formula is C13H7NO5. The molecule has 2 aromatic rings. The topological polar surface area (TPSA) is 108 Å². The Kier molecular flexibility index (Phi) is 3.04. The summed E-state index contributed by atoms with van der Waals surface area (Å²) >= 11 is 0. The van der Waals surface area contributed by atoms with Gasteiger partial charge in [-0.05, 0) is 23.6 Å². The van der Waals surface area contributed by atoms with Crippen LogP contribution in [-0.4, -0.2) is 22.2 Å². The van der Waals surface area contributed by atoms with Crippen LogP contribution in [0.5, 0.6) is 5.75 Å². The SMILES string of the molecule is N#COc1cc(C(=O)O)cc2cccc(C(=O)O)c12. The van der Waals surface area contributed by atoms with E-state index in [9.17, 15) is 9.59 Å². The smallest absolute Gasteiger partial charge is 0.336 e. The Morgan fingerprint density at radius 1 is 1.16 bits per heavy atom. The van der Waals surface area contributed by atoms with E-state index in [1.165, 1.54) is 24.5 Å². The first-order valence-electron chi connectivity index (χ1n) is 5.14. The molecule has 2 N–H and O–H groups in total. The van der Waals surface area contributed by atoms with Gasteiger partial charge in [0, 0.05) is 5.39 Å². The number of hydrogen-bond acceptors (Lipinski definition) is 4. The van der Waals surface area contributed by atoms with E-state index in [-0.39, 0.29) is 22.3 Å². The second-order valence-electron chi connectivity index (χ2n) is 3.68. The van der Waals surface area contributed by atoms with E-state index in [1.54, 1.807) is 6.07 Å². The Labute approximate surface area is 107 Å². The summed E-state index contributed by atoms with van der Waals surface area (Å²) in [5.41, 5.74) is -0.139. The first-order valence-corrected chi connectivity index (χ1v) is 5.14. The predicted octanol–water partition coefficient (Wildman–Crippen LogP) is 2.10. The van der Waals surface area contributed by atoms with Crippen molar-refractivity contribution < 1.29 is 24.5 Å². The van der Waals surface area contributed by atoms with E-state index in [0.29, 0.717) is 5.39 Å². The zero-order valence-electron chi connectivity index (χ0n) is 9.45. The van der Waals surface area contributed by atoms with Gasteiger partial charge in [-0.1, -0.05) is 12.1 Å². The molecule has 0 unspecified atom stereocenters. The predicted molar refractivity (Wildman–Crippen MR) is 64.1 cm³/mol. The molecule has 0 spiro atoms. The molecule has 0 fully saturated rings. The summed E-state index contributed by atoms with van der Waals surface area (Å²) in [6, 6.07) is 6.86. The third-order valence-electron chi connectivity index (χ3n) is 2.57. The lowest BCUT2D eigenvalue weighted by molar-refractivity contribution is 0.0688. The van der Waals surface area contributed by atoms with E-state index in [1.807, 2.05) is 0 Å². The molecule has 6 heteroatoms. The minimum atomic E-state index is -1.19. The second kappa shape index (κ2) is 4.66. The van der Waals surface area contributed by atoms with E-state index < -0.39 is 11.9 Å². The van der Waals surface area contributed by atoms with E-state index in [4.69, 9.17) is 15.5 Å². The standard InChI is InChI=1S/C13H7NO5/c14-6-19-10-5-8(12(15)16)4-7-2-1-3-9(11(7)10)13(17)18/h1-5H,(H,15,16)(H,17,18). The first-order chi connectivity index (χ1) is 9.04. The van der Waals surface area contributed by atoms with Crippen LogP contribution in [0, 0.1) is 11.5 Å². The van der Waals surface area contributed by atoms with Crippen molar-refractivity contribution in [3.05, 3.63) is 41.5 Å². The fraction of sp³-hybridized carbons (Fsp3) is 0. The number of rotatable bonds is 3. The minimum absolute atomic E-state index is 0.0558. The Morgan fingerprint density at radius 2 is 1.89 bits per heavy atom. The lowest BCUT2D eigenvalue weighted by Gasteiger charge is -2.08. The highest BCUT2D eigenvalue weighted by Gasteiger charge is 2.16. The average molecular weight is 257 g/mol. The lowest BCUT2D eigenvalue weighted by Crippen LogP contribution is -2.02. The third-order valence-corrected chi connectivity index (χ3v) is 2.57. The van der Waals surface area contributed by atoms with Gasteiger partial charge in [0.2, 0.25) is 0 Å². The van der Waals surface area contributed by atoms with Crippen molar-refractivity contribution in [3.8, 4) is 12.0 Å². The number of fused-ring (bicyclic) bond motifs is 1. The zero-order valence-corrected chi connectivity index (χ0v) is 9.45. The van der Waals surface area contributed by atoms with Crippen LogP contribution in [0.15, 0.2) is 30.3 Å². The highest BCUT2D eigenvalue weighted by atomic mass is 16.5. The maximum atomic E-state index is 11.1. The molecule has 0 atom stereocenters. The zero-order chi connectivity index (χ0) is 14.0. The Bertz CT molecular complexity index is 730. The van der Waals surface area contributed by atoms with Crippen LogP contribution < -0.4 is 4.74 Å². The van der Waals surface area contributed by atoms with Crippen molar-refractivity contribution in [2.75, 3.05) is 0 Å². The fourth-order valence-corrected chi connectivity index (χ4v) is 1.82. The van der Waals surface area contributed by atoms with Crippen molar-refractivity contribution in [2.45, 2.75) is 0 Å². The molecule has 94 valence electrons. The van der Waals surface area contributed by atoms with Gasteiger partial charge in [0.1, 0.15) is 0 Å². The lowest BCUT2D eigenvalue weighted by atomic mass is 10.0. The van der Waals surface area contributed by atoms with Gasteiger partial charge in [0.25, 0.3) is 6.26 Å². The number of nitriles is 1. The number of nitrogens with zero attached hydrogens (tertiary/aromatic N) is 1. The molecule has 0 heterocycles. The third kappa shape index (κ3) is 2.17. The van der Waals surface area contributed by atoms with Crippen LogP contribution in [0.3, 0.4) is 0 Å². The van der Waals surface area contributed by atoms with Crippen LogP contribution in [-0.2, 0) is 0 Å². The molecular weight excluding hydrogens is 250 g/mol. The summed E-state index contributed by atoms with van der Waals surface area (Å²) < 4.78 is 4.68. The molecule has 0 bridgehead atoms. The normalized spacial score (nSPS) is 9.84. The van der Waals surface area contributed by atoms with Crippen LogP contribution in [0.25, 0.3) is 10.8 Å². The molecule has 0 aromatic heterocycles. The molecule has 0 aliphatic carbocycles. The van der Waals surface area contributed by atoms with Gasteiger partial charge >= 0.3 is 11.9 Å². The van der Waals surface area contributed by atoms with Crippen LogP contribution in [0.1, 0.15) is 20.7 Å². The van der Waals surface area contributed by atoms with Crippen molar-refractivity contribution in [3.63, 3.8) is 0 Å². The number of aromatic carboxylic acids is 2. The molecule has 0 aliphatic heterocycles. The Balaban J connectivity index is 2.87. The maximum absolute atomic E-state index is 11.1. The second-order valence-corrected chi connectivity index (χ2v) is 3.68. The van der Waals surface area contributed by atoms with Crippen molar-refractivity contribution in [2.24, 2.45) is 0 Å². The molecule has 0 saturated carbocycles. The molecule has 2 aromatic carbocycles. The summed E-state index contributed by atoms with van der Waals surface area (Å²) in [5.74, 6) is -2.46. The number of hydrogen-bond donors (Lipinski definition) is 2. The van der Waals surface area contributed by atoms with Gasteiger partial charge in [0.05, 0.1) is 11.1 Å². The highest BCUT2D eigenvalue weighted by molar-refractivity contribution is 6.08. The van der Waals surface area contributed by atoms with Gasteiger partial charge in [0.15, 0.2) is 5.75 Å². The van der Waals surface area contributed by atoms with Gasteiger partial charge in [-0.15, -0.1) is 5.26 Å². The van der Waals surface area contributed by atoms with Gasteiger partial charge in [-0.3, -0.25) is 0 Å². The molecule has 0 amide bonds. The van der Waals surface area contributed by atoms with Gasteiger partial charge in [-0.25, -0.2) is 9.59 Å². The Morgan fingerprint density at radius 3 is 2.47 bits per heavy atom. The summed E-state index contributed by atoms with van der Waals surface area (Å²) in [4.78, 5) is 22.1. The summed E-state index contributed by atoms with van der Waals surface area (Å²) in [5, 5.41) is 27.2. The molecule has 19 heavy (non-hydrogen) atoms. The molecule has 0 aliphatic rings. The van der Waals surface area contributed by atoms with Crippen LogP contribution in [0.4, 0.5) is 0 Å². The largest absolute Gasteiger partial charge is 0.478 e. The average Bonchev–Trinajstić information content (AvgIpc) is 2.37. The van der Waals surface area contributed by atoms with Crippen LogP contribution >= 0.6 is 0 Å². The summed E-state index contributed by atoms with van der Waals surface area (Å²) in [6.45, 7) is 0. The number of carboxylic acid groups (broad SMARTS) is 2. The van der Waals surface area contributed by atoms with Crippen molar-refractivity contribution >= 4 is 22.7 Å². The molecule has 0 saturated heterocycles. The highest BCUT2D eigenvalue weighted by Crippen LogP contribution is 2.31. The molecule has 6 nitrogen and oxygen atoms in total. The number of benzene rings is 2. The first kappa shape index (κ1) is 12.4. The van der Waals surface area contributed by atoms with E-state index >= 15 is 0 Å². The minimum Gasteiger partial charge on any atom is -0.478 e. The molecule has 2 rings (SSSR count). The number of carboxylic acids is 2. The monoisotopic (exact) mass is 257 g/mol. The quantitative estimate of drug-likeness (QED) is 0.815. The van der Waals surface area contributed by atoms with Crippen molar-refractivity contribution in [1.29, 1.82) is 5.26 Å². The van der Waals surface area contributed by atoms with Crippen LogP contribution in [0.2, 0.25) is 0 Å². The summed E-state index contributed by atoms with van der Waals surface area (Å²) in [7, 11) is 0. The Hall–Kier alpha value is -3.07. The van der Waals surface area contributed by atoms with Gasteiger partial charge in [-0.2, -0.15) is 0 Å². The van der Waals surface area contributed by atoms with Gasteiger partial charge < -0.3 is 14.9 Å². The molecule has 0 radical (unpaired) electrons. The number of ether oxygens (including phenoxy) is 1. The fourth-order valence-electron chi connectivity index (χ4n) is 1.82. The van der Waals surface area contributed by atoms with E-state index in [0.717, 1.165) is 6.07 Å². The van der Waals surface area contributed by atoms with Crippen molar-refractivity contribution in [1.82, 2.24) is 0 Å². The number of carbonyl (C=O) groups is 2.